The summed E-state index contributed by atoms with van der Waals surface area (Å²) in [6.07, 6.45) is 4.92. The molecule has 102 valence electrons. The van der Waals surface area contributed by atoms with E-state index in [0.717, 1.165) is 46.3 Å². The number of nitrogens with zero attached hydrogens (tertiary/aromatic N) is 2. The van der Waals surface area contributed by atoms with Gasteiger partial charge in [0.15, 0.2) is 0 Å². The molecule has 3 rings (SSSR count). The Morgan fingerprint density at radius 2 is 2.11 bits per heavy atom. The third-order valence-corrected chi connectivity index (χ3v) is 5.28. The van der Waals surface area contributed by atoms with Crippen molar-refractivity contribution in [3.8, 4) is 0 Å². The molecule has 0 spiro atoms. The van der Waals surface area contributed by atoms with Gasteiger partial charge in [0.2, 0.25) is 0 Å². The van der Waals surface area contributed by atoms with E-state index in [9.17, 15) is 9.90 Å². The van der Waals surface area contributed by atoms with E-state index in [1.807, 2.05) is 13.8 Å². The molecule has 0 bridgehead atoms. The van der Waals surface area contributed by atoms with E-state index >= 15 is 0 Å². The van der Waals surface area contributed by atoms with Gasteiger partial charge in [0, 0.05) is 4.88 Å². The van der Waals surface area contributed by atoms with Crippen molar-refractivity contribution in [2.45, 2.75) is 51.7 Å². The second kappa shape index (κ2) is 4.72. The molecule has 0 unspecified atom stereocenters. The largest absolute Gasteiger partial charge is 0.391 e. The molecule has 19 heavy (non-hydrogen) atoms. The Balaban J connectivity index is 2.17. The molecule has 0 aliphatic heterocycles. The van der Waals surface area contributed by atoms with Gasteiger partial charge >= 0.3 is 0 Å². The lowest BCUT2D eigenvalue weighted by molar-refractivity contribution is 0.0735. The summed E-state index contributed by atoms with van der Waals surface area (Å²) in [6, 6.07) is -0.113. The Hall–Kier alpha value is -1.20. The van der Waals surface area contributed by atoms with Crippen LogP contribution in [0.4, 0.5) is 0 Å². The van der Waals surface area contributed by atoms with Gasteiger partial charge in [-0.2, -0.15) is 0 Å². The molecule has 0 amide bonds. The summed E-state index contributed by atoms with van der Waals surface area (Å²) in [5.74, 6) is 0. The van der Waals surface area contributed by atoms with E-state index in [1.165, 1.54) is 0 Å². The Kier molecular flexibility index (Phi) is 3.19. The van der Waals surface area contributed by atoms with Gasteiger partial charge in [0.25, 0.3) is 5.56 Å². The van der Waals surface area contributed by atoms with Crippen molar-refractivity contribution in [2.75, 3.05) is 0 Å². The highest BCUT2D eigenvalue weighted by molar-refractivity contribution is 7.18. The minimum Gasteiger partial charge on any atom is -0.391 e. The van der Waals surface area contributed by atoms with Crippen molar-refractivity contribution in [3.63, 3.8) is 0 Å². The average molecular weight is 278 g/mol. The number of thiophene rings is 1. The molecule has 2 heterocycles. The molecular formula is C14H18N2O2S. The molecule has 0 radical (unpaired) electrons. The van der Waals surface area contributed by atoms with Crippen LogP contribution in [0.2, 0.25) is 0 Å². The summed E-state index contributed by atoms with van der Waals surface area (Å²) in [5, 5.41) is 10.8. The van der Waals surface area contributed by atoms with E-state index in [4.69, 9.17) is 0 Å². The van der Waals surface area contributed by atoms with Crippen LogP contribution in [0.1, 0.15) is 42.2 Å². The molecule has 0 saturated heterocycles. The van der Waals surface area contributed by atoms with Crippen LogP contribution in [0.3, 0.4) is 0 Å². The predicted molar refractivity (Wildman–Crippen MR) is 76.9 cm³/mol. The van der Waals surface area contributed by atoms with Gasteiger partial charge in [0.1, 0.15) is 4.83 Å². The van der Waals surface area contributed by atoms with Crippen molar-refractivity contribution in [1.82, 2.24) is 9.55 Å². The highest BCUT2D eigenvalue weighted by atomic mass is 32.1. The number of rotatable bonds is 1. The summed E-state index contributed by atoms with van der Waals surface area (Å²) < 4.78 is 1.64. The van der Waals surface area contributed by atoms with Crippen molar-refractivity contribution in [1.29, 1.82) is 0 Å². The third kappa shape index (κ3) is 2.01. The molecule has 1 aliphatic carbocycles. The zero-order valence-electron chi connectivity index (χ0n) is 11.2. The van der Waals surface area contributed by atoms with E-state index in [1.54, 1.807) is 22.2 Å². The van der Waals surface area contributed by atoms with Crippen LogP contribution < -0.4 is 5.56 Å². The highest BCUT2D eigenvalue weighted by Crippen LogP contribution is 2.30. The Bertz CT molecular complexity index is 674. The van der Waals surface area contributed by atoms with Crippen LogP contribution in [0, 0.1) is 13.8 Å². The van der Waals surface area contributed by atoms with Crippen LogP contribution >= 0.6 is 11.3 Å². The molecule has 5 heteroatoms. The first-order valence-corrected chi connectivity index (χ1v) is 7.56. The van der Waals surface area contributed by atoms with Crippen LogP contribution in [0.5, 0.6) is 0 Å². The van der Waals surface area contributed by atoms with Gasteiger partial charge in [-0.1, -0.05) is 12.8 Å². The quantitative estimate of drug-likeness (QED) is 0.872. The SMILES string of the molecule is Cc1sc2ncn([C@@H]3CCCC[C@H]3O)c(=O)c2c1C. The molecule has 1 fully saturated rings. The molecule has 2 aromatic heterocycles. The molecule has 0 aromatic carbocycles. The molecule has 1 saturated carbocycles. The fourth-order valence-electron chi connectivity index (χ4n) is 2.90. The zero-order chi connectivity index (χ0) is 13.6. The first-order valence-electron chi connectivity index (χ1n) is 6.74. The number of hydrogen-bond acceptors (Lipinski definition) is 4. The second-order valence-corrected chi connectivity index (χ2v) is 6.54. The third-order valence-electron chi connectivity index (χ3n) is 4.17. The Morgan fingerprint density at radius 3 is 2.84 bits per heavy atom. The van der Waals surface area contributed by atoms with Gasteiger partial charge in [0.05, 0.1) is 23.9 Å². The lowest BCUT2D eigenvalue weighted by Gasteiger charge is -2.28. The Labute approximate surface area is 115 Å². The molecule has 2 aromatic rings. The maximum atomic E-state index is 12.6. The van der Waals surface area contributed by atoms with Crippen molar-refractivity contribution < 1.29 is 5.11 Å². The average Bonchev–Trinajstić information content (AvgIpc) is 2.68. The minimum absolute atomic E-state index is 0.00204. The fraction of sp³-hybridized carbons (Fsp3) is 0.571. The first-order chi connectivity index (χ1) is 9.09. The smallest absolute Gasteiger partial charge is 0.262 e. The van der Waals surface area contributed by atoms with E-state index in [-0.39, 0.29) is 11.6 Å². The maximum Gasteiger partial charge on any atom is 0.262 e. The van der Waals surface area contributed by atoms with E-state index in [2.05, 4.69) is 4.98 Å². The summed E-state index contributed by atoms with van der Waals surface area (Å²) in [6.45, 7) is 3.99. The number of aromatic nitrogens is 2. The van der Waals surface area contributed by atoms with E-state index in [0.29, 0.717) is 0 Å². The normalized spacial score (nSPS) is 23.9. The highest BCUT2D eigenvalue weighted by Gasteiger charge is 2.26. The van der Waals surface area contributed by atoms with Gasteiger partial charge in [-0.3, -0.25) is 9.36 Å². The molecule has 1 aliphatic rings. The Morgan fingerprint density at radius 1 is 1.37 bits per heavy atom. The van der Waals surface area contributed by atoms with Crippen LogP contribution in [-0.2, 0) is 0 Å². The van der Waals surface area contributed by atoms with Gasteiger partial charge in [-0.25, -0.2) is 4.98 Å². The van der Waals surface area contributed by atoms with E-state index < -0.39 is 6.10 Å². The fourth-order valence-corrected chi connectivity index (χ4v) is 3.89. The van der Waals surface area contributed by atoms with Crippen molar-refractivity contribution in [3.05, 3.63) is 27.1 Å². The standard InChI is InChI=1S/C14H18N2O2S/c1-8-9(2)19-13-12(8)14(18)16(7-15-13)10-5-3-4-6-11(10)17/h7,10-11,17H,3-6H2,1-2H3/t10-,11-/m1/s1. The number of aliphatic hydroxyl groups excluding tert-OH is 1. The zero-order valence-corrected chi connectivity index (χ0v) is 12.0. The number of hydrogen-bond donors (Lipinski definition) is 1. The second-order valence-electron chi connectivity index (χ2n) is 5.34. The molecule has 2 atom stereocenters. The lowest BCUT2D eigenvalue weighted by Crippen LogP contribution is -2.34. The van der Waals surface area contributed by atoms with Gasteiger partial charge < -0.3 is 5.11 Å². The summed E-state index contributed by atoms with van der Waals surface area (Å²) in [4.78, 5) is 19.0. The van der Waals surface area contributed by atoms with Gasteiger partial charge in [-0.05, 0) is 32.3 Å². The molecule has 4 nitrogen and oxygen atoms in total. The number of fused-ring (bicyclic) bond motifs is 1. The minimum atomic E-state index is -0.425. The first kappa shape index (κ1) is 12.8. The topological polar surface area (TPSA) is 55.1 Å². The monoisotopic (exact) mass is 278 g/mol. The van der Waals surface area contributed by atoms with Crippen LogP contribution in [-0.4, -0.2) is 20.8 Å². The molecule has 1 N–H and O–H groups in total. The van der Waals surface area contributed by atoms with Gasteiger partial charge in [-0.15, -0.1) is 11.3 Å². The predicted octanol–water partition coefficient (Wildman–Crippen LogP) is 2.55. The summed E-state index contributed by atoms with van der Waals surface area (Å²) in [5.41, 5.74) is 1.02. The maximum absolute atomic E-state index is 12.6. The van der Waals surface area contributed by atoms with Crippen LogP contribution in [0.15, 0.2) is 11.1 Å². The molecular weight excluding hydrogens is 260 g/mol. The van der Waals surface area contributed by atoms with Crippen molar-refractivity contribution >= 4 is 21.6 Å². The van der Waals surface area contributed by atoms with Crippen LogP contribution in [0.25, 0.3) is 10.2 Å². The number of aliphatic hydroxyl groups is 1. The summed E-state index contributed by atoms with van der Waals surface area (Å²) in [7, 11) is 0. The number of aryl methyl sites for hydroxylation is 2. The lowest BCUT2D eigenvalue weighted by atomic mass is 9.92. The van der Waals surface area contributed by atoms with Crippen molar-refractivity contribution in [2.24, 2.45) is 0 Å². The summed E-state index contributed by atoms with van der Waals surface area (Å²) >= 11 is 1.56.